The molecule has 27 heavy (non-hydrogen) atoms. The van der Waals surface area contributed by atoms with Gasteiger partial charge >= 0.3 is 0 Å². The molecular weight excluding hydrogens is 338 g/mol. The van der Waals surface area contributed by atoms with E-state index in [4.69, 9.17) is 4.74 Å². The van der Waals surface area contributed by atoms with Crippen LogP contribution in [0.5, 0.6) is 5.75 Å². The number of benzene rings is 2. The van der Waals surface area contributed by atoms with E-state index in [9.17, 15) is 4.79 Å². The van der Waals surface area contributed by atoms with E-state index in [0.29, 0.717) is 17.9 Å². The summed E-state index contributed by atoms with van der Waals surface area (Å²) in [5.74, 6) is 1.28. The van der Waals surface area contributed by atoms with E-state index in [0.717, 1.165) is 22.6 Å². The van der Waals surface area contributed by atoms with Gasteiger partial charge in [-0.2, -0.15) is 0 Å². The molecule has 0 saturated carbocycles. The lowest BCUT2D eigenvalue weighted by molar-refractivity contribution is 0.0950. The second-order valence-corrected chi connectivity index (χ2v) is 6.37. The second-order valence-electron chi connectivity index (χ2n) is 6.37. The van der Waals surface area contributed by atoms with Crippen LogP contribution in [0.25, 0.3) is 0 Å². The standard InChI is InChI=1S/C22H23N3O2/c1-15-8-10-19(16(2)12-15)25-21-11-9-18(14-23-21)22(26)24-13-17-6-4-5-7-20(17)27-3/h4-12,14H,13H2,1-3H3,(H,23,25)(H,24,26). The third-order valence-electron chi connectivity index (χ3n) is 4.30. The van der Waals surface area contributed by atoms with Gasteiger partial charge < -0.3 is 15.4 Å². The fourth-order valence-electron chi connectivity index (χ4n) is 2.82. The lowest BCUT2D eigenvalue weighted by Crippen LogP contribution is -2.23. The van der Waals surface area contributed by atoms with Gasteiger partial charge in [0.15, 0.2) is 0 Å². The van der Waals surface area contributed by atoms with Crippen molar-refractivity contribution in [2.24, 2.45) is 0 Å². The molecule has 0 saturated heterocycles. The molecule has 0 spiro atoms. The number of aromatic nitrogens is 1. The van der Waals surface area contributed by atoms with Crippen LogP contribution in [0.3, 0.4) is 0 Å². The van der Waals surface area contributed by atoms with Gasteiger partial charge in [0, 0.05) is 24.0 Å². The molecule has 5 heteroatoms. The normalized spacial score (nSPS) is 10.3. The summed E-state index contributed by atoms with van der Waals surface area (Å²) in [5, 5.41) is 6.17. The molecular formula is C22H23N3O2. The Labute approximate surface area is 159 Å². The average molecular weight is 361 g/mol. The highest BCUT2D eigenvalue weighted by Gasteiger charge is 2.08. The number of rotatable bonds is 6. The van der Waals surface area contributed by atoms with E-state index in [2.05, 4.69) is 41.6 Å². The molecule has 0 aliphatic heterocycles. The average Bonchev–Trinajstić information content (AvgIpc) is 2.69. The Bertz CT molecular complexity index is 937. The number of hydrogen-bond donors (Lipinski definition) is 2. The van der Waals surface area contributed by atoms with Crippen LogP contribution in [-0.2, 0) is 6.54 Å². The fraction of sp³-hybridized carbons (Fsp3) is 0.182. The zero-order chi connectivity index (χ0) is 19.2. The summed E-state index contributed by atoms with van der Waals surface area (Å²) >= 11 is 0. The molecule has 0 aliphatic rings. The number of pyridine rings is 1. The Hall–Kier alpha value is -3.34. The van der Waals surface area contributed by atoms with Crippen LogP contribution >= 0.6 is 0 Å². The van der Waals surface area contributed by atoms with E-state index >= 15 is 0 Å². The zero-order valence-electron chi connectivity index (χ0n) is 15.7. The second kappa shape index (κ2) is 8.36. The molecule has 3 aromatic rings. The molecule has 2 N–H and O–H groups in total. The van der Waals surface area contributed by atoms with Crippen molar-refractivity contribution < 1.29 is 9.53 Å². The van der Waals surface area contributed by atoms with Gasteiger partial charge in [-0.05, 0) is 43.7 Å². The molecule has 1 amide bonds. The number of nitrogens with one attached hydrogen (secondary N) is 2. The number of aryl methyl sites for hydroxylation is 2. The minimum atomic E-state index is -0.175. The van der Waals surface area contributed by atoms with Crippen molar-refractivity contribution in [1.29, 1.82) is 0 Å². The maximum absolute atomic E-state index is 12.4. The Kier molecular flexibility index (Phi) is 5.71. The van der Waals surface area contributed by atoms with Gasteiger partial charge in [-0.15, -0.1) is 0 Å². The Morgan fingerprint density at radius 1 is 1.07 bits per heavy atom. The minimum Gasteiger partial charge on any atom is -0.496 e. The summed E-state index contributed by atoms with van der Waals surface area (Å²) in [6.45, 7) is 4.51. The molecule has 0 bridgehead atoms. The number of carbonyl (C=O) groups excluding carboxylic acids is 1. The number of nitrogens with zero attached hydrogens (tertiary/aromatic N) is 1. The van der Waals surface area contributed by atoms with Crippen LogP contribution < -0.4 is 15.4 Å². The number of para-hydroxylation sites is 1. The molecule has 2 aromatic carbocycles. The smallest absolute Gasteiger partial charge is 0.253 e. The lowest BCUT2D eigenvalue weighted by atomic mass is 10.1. The van der Waals surface area contributed by atoms with Crippen molar-refractivity contribution in [3.8, 4) is 5.75 Å². The van der Waals surface area contributed by atoms with Crippen LogP contribution in [0.15, 0.2) is 60.8 Å². The zero-order valence-corrected chi connectivity index (χ0v) is 15.7. The lowest BCUT2D eigenvalue weighted by Gasteiger charge is -2.11. The molecule has 0 unspecified atom stereocenters. The summed E-state index contributed by atoms with van der Waals surface area (Å²) in [6.07, 6.45) is 1.57. The number of methoxy groups -OCH3 is 1. The Morgan fingerprint density at radius 3 is 2.59 bits per heavy atom. The van der Waals surface area contributed by atoms with E-state index < -0.39 is 0 Å². The molecule has 0 radical (unpaired) electrons. The SMILES string of the molecule is COc1ccccc1CNC(=O)c1ccc(Nc2ccc(C)cc2C)nc1. The maximum atomic E-state index is 12.4. The molecule has 0 aliphatic carbocycles. The van der Waals surface area contributed by atoms with Crippen LogP contribution in [-0.4, -0.2) is 18.0 Å². The van der Waals surface area contributed by atoms with Gasteiger partial charge in [0.2, 0.25) is 0 Å². The highest BCUT2D eigenvalue weighted by molar-refractivity contribution is 5.94. The number of amides is 1. The van der Waals surface area contributed by atoms with E-state index in [1.807, 2.05) is 30.3 Å². The molecule has 0 atom stereocenters. The van der Waals surface area contributed by atoms with Gasteiger partial charge in [-0.1, -0.05) is 35.9 Å². The van der Waals surface area contributed by atoms with Gasteiger partial charge in [-0.25, -0.2) is 4.98 Å². The molecule has 0 fully saturated rings. The number of carbonyl (C=O) groups is 1. The molecule has 138 valence electrons. The highest BCUT2D eigenvalue weighted by atomic mass is 16.5. The first kappa shape index (κ1) is 18.5. The van der Waals surface area contributed by atoms with Gasteiger partial charge in [0.25, 0.3) is 5.91 Å². The van der Waals surface area contributed by atoms with Crippen molar-refractivity contribution in [2.45, 2.75) is 20.4 Å². The predicted molar refractivity (Wildman–Crippen MR) is 108 cm³/mol. The third-order valence-corrected chi connectivity index (χ3v) is 4.30. The minimum absolute atomic E-state index is 0.175. The van der Waals surface area contributed by atoms with Crippen molar-refractivity contribution in [2.75, 3.05) is 12.4 Å². The quantitative estimate of drug-likeness (QED) is 0.684. The summed E-state index contributed by atoms with van der Waals surface area (Å²) in [7, 11) is 1.62. The van der Waals surface area contributed by atoms with Gasteiger partial charge in [-0.3, -0.25) is 4.79 Å². The molecule has 5 nitrogen and oxygen atoms in total. The first-order valence-corrected chi connectivity index (χ1v) is 8.77. The molecule has 1 aromatic heterocycles. The fourth-order valence-corrected chi connectivity index (χ4v) is 2.82. The topological polar surface area (TPSA) is 63.2 Å². The van der Waals surface area contributed by atoms with Crippen molar-refractivity contribution in [1.82, 2.24) is 10.3 Å². The Balaban J connectivity index is 1.63. The number of ether oxygens (including phenoxy) is 1. The summed E-state index contributed by atoms with van der Waals surface area (Å²) in [6, 6.07) is 17.4. The molecule has 3 rings (SSSR count). The van der Waals surface area contributed by atoms with Crippen LogP contribution in [0.4, 0.5) is 11.5 Å². The first-order chi connectivity index (χ1) is 13.1. The van der Waals surface area contributed by atoms with Crippen LogP contribution in [0.1, 0.15) is 27.0 Å². The number of anilines is 2. The summed E-state index contributed by atoms with van der Waals surface area (Å²) < 4.78 is 5.30. The maximum Gasteiger partial charge on any atom is 0.253 e. The van der Waals surface area contributed by atoms with Gasteiger partial charge in [0.1, 0.15) is 11.6 Å². The largest absolute Gasteiger partial charge is 0.496 e. The third kappa shape index (κ3) is 4.64. The van der Waals surface area contributed by atoms with Crippen LogP contribution in [0, 0.1) is 13.8 Å². The highest BCUT2D eigenvalue weighted by Crippen LogP contribution is 2.20. The summed E-state index contributed by atoms with van der Waals surface area (Å²) in [4.78, 5) is 16.7. The van der Waals surface area contributed by atoms with E-state index in [1.54, 1.807) is 25.4 Å². The van der Waals surface area contributed by atoms with Crippen molar-refractivity contribution in [3.63, 3.8) is 0 Å². The molecule has 1 heterocycles. The van der Waals surface area contributed by atoms with E-state index in [1.165, 1.54) is 5.56 Å². The van der Waals surface area contributed by atoms with Crippen LogP contribution in [0.2, 0.25) is 0 Å². The Morgan fingerprint density at radius 2 is 1.89 bits per heavy atom. The monoisotopic (exact) mass is 361 g/mol. The van der Waals surface area contributed by atoms with Crippen molar-refractivity contribution >= 4 is 17.4 Å². The first-order valence-electron chi connectivity index (χ1n) is 8.77. The van der Waals surface area contributed by atoms with Gasteiger partial charge in [0.05, 0.1) is 12.7 Å². The number of hydrogen-bond acceptors (Lipinski definition) is 4. The summed E-state index contributed by atoms with van der Waals surface area (Å²) in [5.41, 5.74) is 4.80. The van der Waals surface area contributed by atoms with E-state index in [-0.39, 0.29) is 5.91 Å². The van der Waals surface area contributed by atoms with Crippen molar-refractivity contribution in [3.05, 3.63) is 83.0 Å². The predicted octanol–water partition coefficient (Wildman–Crippen LogP) is 4.38.